The molecule has 2 heterocycles. The summed E-state index contributed by atoms with van der Waals surface area (Å²) in [6, 6.07) is 0. The zero-order valence-electron chi connectivity index (χ0n) is 8.35. The minimum absolute atomic E-state index is 0.220. The first kappa shape index (κ1) is 8.89. The third kappa shape index (κ3) is 1.16. The predicted octanol–water partition coefficient (Wildman–Crippen LogP) is 1.07. The summed E-state index contributed by atoms with van der Waals surface area (Å²) in [7, 11) is 0. The minimum atomic E-state index is -0.428. The number of hydrogen-bond acceptors (Lipinski definition) is 3. The lowest BCUT2D eigenvalue weighted by Crippen LogP contribution is -2.47. The average Bonchev–Trinajstić information content (AvgIpc) is 2.61. The van der Waals surface area contributed by atoms with E-state index in [1.54, 1.807) is 0 Å². The van der Waals surface area contributed by atoms with Gasteiger partial charge in [0.1, 0.15) is 6.10 Å². The fourth-order valence-corrected chi connectivity index (χ4v) is 2.97. The summed E-state index contributed by atoms with van der Waals surface area (Å²) in [6.07, 6.45) is 3.75. The molecule has 0 saturated carbocycles. The van der Waals surface area contributed by atoms with Gasteiger partial charge in [-0.1, -0.05) is 11.6 Å². The van der Waals surface area contributed by atoms with E-state index in [2.05, 4.69) is 13.0 Å². The van der Waals surface area contributed by atoms with Crippen LogP contribution in [0.5, 0.6) is 0 Å². The lowest BCUT2D eigenvalue weighted by molar-refractivity contribution is -0.194. The molecular weight excluding hydrogens is 180 g/mol. The Morgan fingerprint density at radius 1 is 1.43 bits per heavy atom. The van der Waals surface area contributed by atoms with Gasteiger partial charge in [0.05, 0.1) is 12.7 Å². The molecule has 2 saturated heterocycles. The van der Waals surface area contributed by atoms with Gasteiger partial charge in [-0.15, -0.1) is 0 Å². The lowest BCUT2D eigenvalue weighted by Gasteiger charge is -2.41. The van der Waals surface area contributed by atoms with Gasteiger partial charge in [-0.2, -0.15) is 0 Å². The van der Waals surface area contributed by atoms with Gasteiger partial charge < -0.3 is 14.6 Å². The van der Waals surface area contributed by atoms with Gasteiger partial charge in [0, 0.05) is 0 Å². The van der Waals surface area contributed by atoms with Crippen molar-refractivity contribution >= 4 is 0 Å². The Kier molecular flexibility index (Phi) is 1.94. The van der Waals surface area contributed by atoms with E-state index in [0.29, 0.717) is 18.4 Å². The summed E-state index contributed by atoms with van der Waals surface area (Å²) < 4.78 is 11.0. The van der Waals surface area contributed by atoms with Crippen LogP contribution in [0.1, 0.15) is 19.8 Å². The molecule has 5 atom stereocenters. The maximum atomic E-state index is 10.0. The molecule has 2 fully saturated rings. The SMILES string of the molecule is CC1=CC[C@H]2[C@H](C1)C(O)[C@@H]1OC[C@H]2O1. The molecule has 0 radical (unpaired) electrons. The molecule has 3 nitrogen and oxygen atoms in total. The molecule has 0 aromatic rings. The van der Waals surface area contributed by atoms with E-state index < -0.39 is 6.10 Å². The van der Waals surface area contributed by atoms with Crippen LogP contribution in [0.15, 0.2) is 11.6 Å². The normalized spacial score (nSPS) is 51.3. The highest BCUT2D eigenvalue weighted by molar-refractivity contribution is 5.10. The Morgan fingerprint density at radius 2 is 2.29 bits per heavy atom. The Labute approximate surface area is 83.7 Å². The molecule has 2 aliphatic heterocycles. The second-order valence-electron chi connectivity index (χ2n) is 4.68. The zero-order chi connectivity index (χ0) is 9.71. The fourth-order valence-electron chi connectivity index (χ4n) is 2.97. The van der Waals surface area contributed by atoms with Crippen LogP contribution in [0.25, 0.3) is 0 Å². The second kappa shape index (κ2) is 3.05. The summed E-state index contributed by atoms with van der Waals surface area (Å²) in [5.41, 5.74) is 1.40. The summed E-state index contributed by atoms with van der Waals surface area (Å²) in [4.78, 5) is 0. The predicted molar refractivity (Wildman–Crippen MR) is 50.6 cm³/mol. The van der Waals surface area contributed by atoms with Crippen molar-refractivity contribution in [3.05, 3.63) is 11.6 Å². The van der Waals surface area contributed by atoms with Gasteiger partial charge in [-0.3, -0.25) is 0 Å². The van der Waals surface area contributed by atoms with Crippen molar-refractivity contribution in [1.82, 2.24) is 0 Å². The van der Waals surface area contributed by atoms with E-state index >= 15 is 0 Å². The van der Waals surface area contributed by atoms with Crippen LogP contribution in [0, 0.1) is 11.8 Å². The Hall–Kier alpha value is -0.380. The number of fused-ring (bicyclic) bond motifs is 4. The van der Waals surface area contributed by atoms with Crippen molar-refractivity contribution in [2.45, 2.75) is 38.3 Å². The van der Waals surface area contributed by atoms with Crippen molar-refractivity contribution in [2.75, 3.05) is 6.61 Å². The number of hydrogen-bond donors (Lipinski definition) is 1. The molecule has 1 unspecified atom stereocenters. The molecule has 3 heteroatoms. The van der Waals surface area contributed by atoms with Crippen LogP contribution in [-0.4, -0.2) is 30.2 Å². The van der Waals surface area contributed by atoms with Crippen molar-refractivity contribution in [1.29, 1.82) is 0 Å². The zero-order valence-corrected chi connectivity index (χ0v) is 8.35. The molecule has 78 valence electrons. The summed E-state index contributed by atoms with van der Waals surface area (Å²) >= 11 is 0. The number of ether oxygens (including phenoxy) is 2. The third-order valence-electron chi connectivity index (χ3n) is 3.77. The number of allylic oxidation sites excluding steroid dienone is 2. The standard InChI is InChI=1S/C11H16O3/c1-6-2-3-7-8(4-6)10(12)11-13-5-9(7)14-11/h2,7-12H,3-5H2,1H3/t7-,8-,9+,10?,11+/m0/s1. The van der Waals surface area contributed by atoms with E-state index in [4.69, 9.17) is 9.47 Å². The quantitative estimate of drug-likeness (QED) is 0.589. The van der Waals surface area contributed by atoms with Crippen LogP contribution in [0.3, 0.4) is 0 Å². The fraction of sp³-hybridized carbons (Fsp3) is 0.818. The van der Waals surface area contributed by atoms with Gasteiger partial charge in [-0.05, 0) is 31.6 Å². The Balaban J connectivity index is 1.89. The molecule has 1 N–H and O–H groups in total. The van der Waals surface area contributed by atoms with Crippen LogP contribution in [0.2, 0.25) is 0 Å². The highest BCUT2D eigenvalue weighted by Crippen LogP contribution is 2.43. The van der Waals surface area contributed by atoms with Crippen molar-refractivity contribution < 1.29 is 14.6 Å². The Bertz CT molecular complexity index is 274. The summed E-state index contributed by atoms with van der Waals surface area (Å²) in [5.74, 6) is 0.818. The molecule has 3 rings (SSSR count). The molecule has 3 aliphatic rings. The average molecular weight is 196 g/mol. The van der Waals surface area contributed by atoms with E-state index in [0.717, 1.165) is 12.8 Å². The minimum Gasteiger partial charge on any atom is -0.388 e. The van der Waals surface area contributed by atoms with Crippen LogP contribution < -0.4 is 0 Å². The van der Waals surface area contributed by atoms with Gasteiger partial charge in [0.15, 0.2) is 6.29 Å². The highest BCUT2D eigenvalue weighted by atomic mass is 16.7. The van der Waals surface area contributed by atoms with Crippen molar-refractivity contribution in [2.24, 2.45) is 11.8 Å². The van der Waals surface area contributed by atoms with E-state index in [-0.39, 0.29) is 12.4 Å². The molecule has 0 amide bonds. The maximum absolute atomic E-state index is 10.0. The van der Waals surface area contributed by atoms with Gasteiger partial charge in [0.2, 0.25) is 0 Å². The first-order chi connectivity index (χ1) is 6.75. The van der Waals surface area contributed by atoms with Crippen LogP contribution in [-0.2, 0) is 9.47 Å². The maximum Gasteiger partial charge on any atom is 0.184 e. The first-order valence-corrected chi connectivity index (χ1v) is 5.36. The second-order valence-corrected chi connectivity index (χ2v) is 4.68. The lowest BCUT2D eigenvalue weighted by atomic mass is 9.73. The monoisotopic (exact) mass is 196 g/mol. The smallest absolute Gasteiger partial charge is 0.184 e. The van der Waals surface area contributed by atoms with Gasteiger partial charge >= 0.3 is 0 Å². The van der Waals surface area contributed by atoms with Crippen LogP contribution >= 0.6 is 0 Å². The van der Waals surface area contributed by atoms with Crippen LogP contribution in [0.4, 0.5) is 0 Å². The molecule has 0 aromatic heterocycles. The van der Waals surface area contributed by atoms with Gasteiger partial charge in [0.25, 0.3) is 0 Å². The molecule has 2 bridgehead atoms. The van der Waals surface area contributed by atoms with E-state index in [9.17, 15) is 5.11 Å². The molecular formula is C11H16O3. The molecule has 0 spiro atoms. The first-order valence-electron chi connectivity index (χ1n) is 5.36. The van der Waals surface area contributed by atoms with Gasteiger partial charge in [-0.25, -0.2) is 0 Å². The summed E-state index contributed by atoms with van der Waals surface area (Å²) in [6.45, 7) is 2.80. The topological polar surface area (TPSA) is 38.7 Å². The number of aliphatic hydroxyl groups excluding tert-OH is 1. The third-order valence-corrected chi connectivity index (χ3v) is 3.77. The van der Waals surface area contributed by atoms with E-state index in [1.165, 1.54) is 5.57 Å². The highest BCUT2D eigenvalue weighted by Gasteiger charge is 2.49. The number of rotatable bonds is 0. The number of aliphatic hydroxyl groups is 1. The Morgan fingerprint density at radius 3 is 3.14 bits per heavy atom. The molecule has 0 aromatic carbocycles. The van der Waals surface area contributed by atoms with E-state index in [1.807, 2.05) is 0 Å². The molecule has 14 heavy (non-hydrogen) atoms. The molecule has 1 aliphatic carbocycles. The summed E-state index contributed by atoms with van der Waals surface area (Å²) in [5, 5.41) is 10.0. The van der Waals surface area contributed by atoms with Crippen molar-refractivity contribution in [3.63, 3.8) is 0 Å². The largest absolute Gasteiger partial charge is 0.388 e. The van der Waals surface area contributed by atoms with Crippen molar-refractivity contribution in [3.8, 4) is 0 Å².